The monoisotopic (exact) mass is 943 g/mol. The zero-order chi connectivity index (χ0) is 39.9. The number of carbonyl (C=O) groups excluding carboxylic acids is 1. The van der Waals surface area contributed by atoms with Crippen molar-refractivity contribution in [3.63, 3.8) is 0 Å². The Bertz CT molecular complexity index is 2230. The molecular formula is C45H42IN3O6S3. The first kappa shape index (κ1) is 42.2. The number of rotatable bonds is 18. The van der Waals surface area contributed by atoms with Crippen LogP contribution in [0.25, 0.3) is 0 Å². The van der Waals surface area contributed by atoms with Gasteiger partial charge in [0.2, 0.25) is 5.78 Å². The molecule has 58 heavy (non-hydrogen) atoms. The number of benzene rings is 4. The lowest BCUT2D eigenvalue weighted by atomic mass is 9.93. The lowest BCUT2D eigenvalue weighted by Gasteiger charge is -2.46. The van der Waals surface area contributed by atoms with Crippen LogP contribution in [0.1, 0.15) is 47.5 Å². The molecule has 0 unspecified atom stereocenters. The first-order valence-electron chi connectivity index (χ1n) is 18.8. The number of anilines is 1. The SMILES string of the molecule is Cc1nc(C#CSI)sc1C(=O)c1cnc(NC[C@H]2O[C@H](COCc3ccccc3)[C@@H](OCc3ccccc3)[C@H](OCc3ccccc3)[C@@H]2OCc2ccccc2)s1. The summed E-state index contributed by atoms with van der Waals surface area (Å²) in [5.41, 5.74) is 4.80. The zero-order valence-corrected chi connectivity index (χ0v) is 36.3. The van der Waals surface area contributed by atoms with Crippen LogP contribution in [0, 0.1) is 18.1 Å². The van der Waals surface area contributed by atoms with Crippen LogP contribution in [0.5, 0.6) is 0 Å². The third kappa shape index (κ3) is 11.8. The summed E-state index contributed by atoms with van der Waals surface area (Å²) in [5.74, 6) is 2.87. The molecule has 6 aromatic rings. The van der Waals surface area contributed by atoms with Gasteiger partial charge in [-0.1, -0.05) is 133 Å². The molecule has 4 aromatic carbocycles. The molecule has 1 fully saturated rings. The molecule has 1 aliphatic rings. The van der Waals surface area contributed by atoms with Crippen LogP contribution in [0.2, 0.25) is 0 Å². The fourth-order valence-corrected chi connectivity index (χ4v) is 8.77. The third-order valence-electron chi connectivity index (χ3n) is 9.36. The van der Waals surface area contributed by atoms with E-state index >= 15 is 0 Å². The minimum absolute atomic E-state index is 0.128. The largest absolute Gasteiger partial charge is 0.374 e. The summed E-state index contributed by atoms with van der Waals surface area (Å²) < 4.78 is 33.8. The van der Waals surface area contributed by atoms with Gasteiger partial charge in [-0.15, -0.1) is 11.3 Å². The van der Waals surface area contributed by atoms with E-state index in [1.165, 1.54) is 31.6 Å². The summed E-state index contributed by atoms with van der Waals surface area (Å²) in [6.07, 6.45) is -1.09. The highest BCUT2D eigenvalue weighted by Gasteiger charge is 2.48. The van der Waals surface area contributed by atoms with E-state index in [-0.39, 0.29) is 12.4 Å². The lowest BCUT2D eigenvalue weighted by Crippen LogP contribution is -2.62. The lowest BCUT2D eigenvalue weighted by molar-refractivity contribution is -0.269. The molecule has 3 heterocycles. The van der Waals surface area contributed by atoms with E-state index < -0.39 is 30.5 Å². The van der Waals surface area contributed by atoms with E-state index in [9.17, 15) is 4.79 Å². The second-order valence-electron chi connectivity index (χ2n) is 13.5. The van der Waals surface area contributed by atoms with Crippen LogP contribution in [0.3, 0.4) is 0 Å². The molecule has 1 aliphatic heterocycles. The van der Waals surface area contributed by atoms with Gasteiger partial charge < -0.3 is 29.0 Å². The number of ketones is 1. The van der Waals surface area contributed by atoms with Gasteiger partial charge in [-0.05, 0) is 49.3 Å². The van der Waals surface area contributed by atoms with Crippen molar-refractivity contribution in [1.29, 1.82) is 0 Å². The molecule has 13 heteroatoms. The summed E-state index contributed by atoms with van der Waals surface area (Å²) in [4.78, 5) is 23.7. The number of halogens is 1. The third-order valence-corrected chi connectivity index (χ3v) is 12.2. The second-order valence-corrected chi connectivity index (χ2v) is 17.2. The molecule has 7 rings (SSSR count). The predicted molar refractivity (Wildman–Crippen MR) is 239 cm³/mol. The van der Waals surface area contributed by atoms with Gasteiger partial charge in [0.05, 0.1) is 54.7 Å². The molecule has 298 valence electrons. The molecule has 2 aromatic heterocycles. The number of aromatic nitrogens is 2. The van der Waals surface area contributed by atoms with Crippen LogP contribution in [0.15, 0.2) is 128 Å². The molecule has 0 spiro atoms. The smallest absolute Gasteiger partial charge is 0.216 e. The average Bonchev–Trinajstić information content (AvgIpc) is 3.90. The second kappa shape index (κ2) is 21.9. The van der Waals surface area contributed by atoms with Crippen LogP contribution >= 0.6 is 52.8 Å². The number of thiazole rings is 2. The Morgan fingerprint density at radius 3 is 1.81 bits per heavy atom. The maximum atomic E-state index is 13.6. The molecule has 1 N–H and O–H groups in total. The first-order valence-corrected chi connectivity index (χ1v) is 23.8. The van der Waals surface area contributed by atoms with Gasteiger partial charge in [0.25, 0.3) is 0 Å². The molecule has 0 amide bonds. The van der Waals surface area contributed by atoms with E-state index in [0.717, 1.165) is 22.3 Å². The normalized spacial score (nSPS) is 19.0. The summed E-state index contributed by atoms with van der Waals surface area (Å²) >= 11 is 4.70. The van der Waals surface area contributed by atoms with Crippen molar-refractivity contribution >= 4 is 63.7 Å². The highest BCUT2D eigenvalue weighted by Crippen LogP contribution is 2.32. The quantitative estimate of drug-likeness (QED) is 0.0510. The van der Waals surface area contributed by atoms with Gasteiger partial charge in [0, 0.05) is 27.8 Å². The number of aryl methyl sites for hydroxylation is 1. The molecule has 9 nitrogen and oxygen atoms in total. The Kier molecular flexibility index (Phi) is 15.9. The van der Waals surface area contributed by atoms with Gasteiger partial charge in [0.15, 0.2) is 10.1 Å². The number of hydrogen-bond acceptors (Lipinski definition) is 12. The zero-order valence-electron chi connectivity index (χ0n) is 31.7. The van der Waals surface area contributed by atoms with Crippen molar-refractivity contribution < 1.29 is 28.5 Å². The van der Waals surface area contributed by atoms with Crippen LogP contribution in [-0.2, 0) is 50.1 Å². The molecular weight excluding hydrogens is 902 g/mol. The van der Waals surface area contributed by atoms with Crippen LogP contribution in [0.4, 0.5) is 5.13 Å². The van der Waals surface area contributed by atoms with E-state index in [2.05, 4.69) is 47.7 Å². The maximum Gasteiger partial charge on any atom is 0.216 e. The van der Waals surface area contributed by atoms with Crippen molar-refractivity contribution in [2.75, 3.05) is 18.5 Å². The van der Waals surface area contributed by atoms with Crippen molar-refractivity contribution in [2.45, 2.75) is 63.9 Å². The van der Waals surface area contributed by atoms with Gasteiger partial charge in [-0.3, -0.25) is 4.79 Å². The summed E-state index contributed by atoms with van der Waals surface area (Å²) in [6, 6.07) is 40.3. The number of carbonyl (C=O) groups is 1. The standard InChI is InChI=1S/C45H42IN3O6S3/c1-31-44(58-39(49-31)22-23-56-46)40(50)38-25-48-45(57-38)47-24-36-41(52-27-33-16-8-3-9-17-33)43(54-29-35-20-12-5-13-21-35)42(53-28-34-18-10-4-11-19-34)37(55-36)30-51-26-32-14-6-2-7-15-32/h2-21,25,36-37,41-43H,24,26-30H2,1H3,(H,47,48)/t36-,37-,41-,42-,43-/m1/s1. The Labute approximate surface area is 363 Å². The average molecular weight is 944 g/mol. The van der Waals surface area contributed by atoms with Gasteiger partial charge >= 0.3 is 0 Å². The van der Waals surface area contributed by atoms with E-state index in [0.29, 0.717) is 58.6 Å². The summed E-state index contributed by atoms with van der Waals surface area (Å²) in [6.45, 7) is 3.86. The number of nitrogens with one attached hydrogen (secondary N) is 1. The van der Waals surface area contributed by atoms with Gasteiger partial charge in [-0.2, -0.15) is 0 Å². The number of ether oxygens (including phenoxy) is 5. The number of nitrogens with zero attached hydrogens (tertiary/aromatic N) is 2. The van der Waals surface area contributed by atoms with E-state index in [1.807, 2.05) is 128 Å². The highest BCUT2D eigenvalue weighted by atomic mass is 127. The van der Waals surface area contributed by atoms with Crippen molar-refractivity contribution in [3.8, 4) is 11.2 Å². The van der Waals surface area contributed by atoms with Crippen LogP contribution < -0.4 is 5.32 Å². The minimum Gasteiger partial charge on any atom is -0.374 e. The highest BCUT2D eigenvalue weighted by molar-refractivity contribution is 14.2. The molecule has 0 radical (unpaired) electrons. The molecule has 0 aliphatic carbocycles. The van der Waals surface area contributed by atoms with Crippen molar-refractivity contribution in [3.05, 3.63) is 170 Å². The van der Waals surface area contributed by atoms with Crippen molar-refractivity contribution in [1.82, 2.24) is 9.97 Å². The Morgan fingerprint density at radius 1 is 0.741 bits per heavy atom. The molecule has 5 atom stereocenters. The minimum atomic E-state index is -0.566. The fraction of sp³-hybridized carbons (Fsp3) is 0.267. The maximum absolute atomic E-state index is 13.6. The van der Waals surface area contributed by atoms with Crippen molar-refractivity contribution in [2.24, 2.45) is 0 Å². The fourth-order valence-electron chi connectivity index (χ4n) is 6.53. The first-order chi connectivity index (χ1) is 28.5. The Balaban J connectivity index is 1.16. The van der Waals surface area contributed by atoms with Gasteiger partial charge in [0.1, 0.15) is 30.5 Å². The van der Waals surface area contributed by atoms with E-state index in [1.54, 1.807) is 6.20 Å². The Morgan fingerprint density at radius 2 is 1.26 bits per heavy atom. The van der Waals surface area contributed by atoms with Crippen LogP contribution in [-0.4, -0.2) is 59.4 Å². The molecule has 0 bridgehead atoms. The summed E-state index contributed by atoms with van der Waals surface area (Å²) in [5, 5.41) is 7.59. The van der Waals surface area contributed by atoms with Gasteiger partial charge in [-0.25, -0.2) is 9.97 Å². The van der Waals surface area contributed by atoms with E-state index in [4.69, 9.17) is 23.7 Å². The summed E-state index contributed by atoms with van der Waals surface area (Å²) in [7, 11) is 1.38. The Hall–Kier alpha value is -3.95. The molecule has 1 saturated heterocycles. The number of hydrogen-bond donors (Lipinski definition) is 1. The molecule has 0 saturated carbocycles. The predicted octanol–water partition coefficient (Wildman–Crippen LogP) is 9.68. The topological polar surface area (TPSA) is 101 Å².